The SMILES string of the molecule is Cc1ccc(N=Nc2ccccc2-c2ccccc2I)cc1. The minimum Gasteiger partial charge on any atom is -0.151 e. The lowest BCUT2D eigenvalue weighted by Crippen LogP contribution is -1.82. The van der Waals surface area contributed by atoms with Gasteiger partial charge >= 0.3 is 0 Å². The first-order chi connectivity index (χ1) is 10.7. The molecule has 0 heterocycles. The van der Waals surface area contributed by atoms with E-state index < -0.39 is 0 Å². The molecular weight excluding hydrogens is 383 g/mol. The fourth-order valence-corrected chi connectivity index (χ4v) is 2.87. The van der Waals surface area contributed by atoms with Crippen molar-refractivity contribution in [2.45, 2.75) is 6.92 Å². The minimum absolute atomic E-state index is 0.864. The molecular formula is C19H15IN2. The molecule has 0 N–H and O–H groups in total. The highest BCUT2D eigenvalue weighted by molar-refractivity contribution is 14.1. The third-order valence-corrected chi connectivity index (χ3v) is 4.32. The molecule has 3 heteroatoms. The number of azo groups is 1. The zero-order chi connectivity index (χ0) is 15.4. The summed E-state index contributed by atoms with van der Waals surface area (Å²) in [5.41, 5.74) is 5.25. The van der Waals surface area contributed by atoms with Gasteiger partial charge in [-0.1, -0.05) is 54.1 Å². The van der Waals surface area contributed by atoms with Crippen molar-refractivity contribution in [3.8, 4) is 11.1 Å². The lowest BCUT2D eigenvalue weighted by molar-refractivity contribution is 1.23. The fraction of sp³-hybridized carbons (Fsp3) is 0.0526. The summed E-state index contributed by atoms with van der Waals surface area (Å²) in [7, 11) is 0. The highest BCUT2D eigenvalue weighted by atomic mass is 127. The largest absolute Gasteiger partial charge is 0.151 e. The van der Waals surface area contributed by atoms with Gasteiger partial charge in [0.2, 0.25) is 0 Å². The Morgan fingerprint density at radius 3 is 2.05 bits per heavy atom. The van der Waals surface area contributed by atoms with E-state index in [1.807, 2.05) is 54.6 Å². The van der Waals surface area contributed by atoms with Crippen LogP contribution in [0, 0.1) is 10.5 Å². The van der Waals surface area contributed by atoms with Gasteiger partial charge in [-0.15, -0.1) is 5.11 Å². The van der Waals surface area contributed by atoms with Crippen molar-refractivity contribution in [3.05, 3.63) is 81.9 Å². The molecule has 0 saturated carbocycles. The van der Waals surface area contributed by atoms with E-state index in [2.05, 4.69) is 57.9 Å². The van der Waals surface area contributed by atoms with Crippen LogP contribution in [0.3, 0.4) is 0 Å². The zero-order valence-corrected chi connectivity index (χ0v) is 14.4. The van der Waals surface area contributed by atoms with Crippen LogP contribution >= 0.6 is 22.6 Å². The summed E-state index contributed by atoms with van der Waals surface area (Å²) >= 11 is 2.35. The Kier molecular flexibility index (Phi) is 4.63. The molecule has 22 heavy (non-hydrogen) atoms. The molecule has 0 atom stereocenters. The van der Waals surface area contributed by atoms with E-state index in [0.717, 1.165) is 16.9 Å². The predicted molar refractivity (Wildman–Crippen MR) is 100.0 cm³/mol. The van der Waals surface area contributed by atoms with E-state index in [-0.39, 0.29) is 0 Å². The van der Waals surface area contributed by atoms with Crippen molar-refractivity contribution in [2.24, 2.45) is 10.2 Å². The second-order valence-corrected chi connectivity index (χ2v) is 6.19. The molecule has 3 aromatic rings. The lowest BCUT2D eigenvalue weighted by Gasteiger charge is -2.07. The van der Waals surface area contributed by atoms with Gasteiger partial charge in [0.25, 0.3) is 0 Å². The Balaban J connectivity index is 1.98. The van der Waals surface area contributed by atoms with Crippen LogP contribution in [-0.4, -0.2) is 0 Å². The average molecular weight is 398 g/mol. The molecule has 0 fully saturated rings. The number of halogens is 1. The van der Waals surface area contributed by atoms with Crippen LogP contribution in [0.4, 0.5) is 11.4 Å². The van der Waals surface area contributed by atoms with Gasteiger partial charge in [-0.25, -0.2) is 0 Å². The van der Waals surface area contributed by atoms with Crippen LogP contribution in [0.25, 0.3) is 11.1 Å². The highest BCUT2D eigenvalue weighted by Crippen LogP contribution is 2.33. The van der Waals surface area contributed by atoms with Crippen molar-refractivity contribution in [1.29, 1.82) is 0 Å². The Labute approximate surface area is 144 Å². The van der Waals surface area contributed by atoms with Crippen LogP contribution in [-0.2, 0) is 0 Å². The van der Waals surface area contributed by atoms with Crippen molar-refractivity contribution in [3.63, 3.8) is 0 Å². The molecule has 0 aromatic heterocycles. The van der Waals surface area contributed by atoms with Gasteiger partial charge in [0.1, 0.15) is 0 Å². The number of aryl methyl sites for hydroxylation is 1. The van der Waals surface area contributed by atoms with Crippen molar-refractivity contribution < 1.29 is 0 Å². The van der Waals surface area contributed by atoms with Crippen LogP contribution in [0.2, 0.25) is 0 Å². The van der Waals surface area contributed by atoms with Crippen LogP contribution < -0.4 is 0 Å². The summed E-state index contributed by atoms with van der Waals surface area (Å²) in [4.78, 5) is 0. The molecule has 0 aliphatic heterocycles. The highest BCUT2D eigenvalue weighted by Gasteiger charge is 2.06. The first-order valence-electron chi connectivity index (χ1n) is 7.06. The van der Waals surface area contributed by atoms with E-state index in [0.29, 0.717) is 0 Å². The monoisotopic (exact) mass is 398 g/mol. The normalized spacial score (nSPS) is 11.0. The van der Waals surface area contributed by atoms with E-state index in [9.17, 15) is 0 Å². The number of hydrogen-bond acceptors (Lipinski definition) is 2. The smallest absolute Gasteiger partial charge is 0.0935 e. The van der Waals surface area contributed by atoms with Crippen molar-refractivity contribution >= 4 is 34.0 Å². The van der Waals surface area contributed by atoms with Gasteiger partial charge in [-0.05, 0) is 59.3 Å². The van der Waals surface area contributed by atoms with E-state index >= 15 is 0 Å². The predicted octanol–water partition coefficient (Wildman–Crippen LogP) is 6.68. The Morgan fingerprint density at radius 1 is 0.682 bits per heavy atom. The molecule has 0 spiro atoms. The van der Waals surface area contributed by atoms with E-state index in [4.69, 9.17) is 0 Å². The molecule has 3 rings (SSSR count). The molecule has 0 saturated heterocycles. The molecule has 3 aromatic carbocycles. The number of benzene rings is 3. The van der Waals surface area contributed by atoms with Crippen LogP contribution in [0.5, 0.6) is 0 Å². The number of rotatable bonds is 3. The maximum Gasteiger partial charge on any atom is 0.0935 e. The first-order valence-corrected chi connectivity index (χ1v) is 8.14. The summed E-state index contributed by atoms with van der Waals surface area (Å²) in [6.07, 6.45) is 0. The Bertz CT molecular complexity index is 808. The van der Waals surface area contributed by atoms with Crippen molar-refractivity contribution in [1.82, 2.24) is 0 Å². The molecule has 0 aliphatic rings. The minimum atomic E-state index is 0.864. The summed E-state index contributed by atoms with van der Waals surface area (Å²) < 4.78 is 1.21. The lowest BCUT2D eigenvalue weighted by atomic mass is 10.0. The van der Waals surface area contributed by atoms with Gasteiger partial charge < -0.3 is 0 Å². The van der Waals surface area contributed by atoms with Gasteiger partial charge in [0.05, 0.1) is 11.4 Å². The first kappa shape index (κ1) is 14.9. The molecule has 0 amide bonds. The molecule has 0 bridgehead atoms. The fourth-order valence-electron chi connectivity index (χ4n) is 2.19. The van der Waals surface area contributed by atoms with Gasteiger partial charge in [0, 0.05) is 9.13 Å². The summed E-state index contributed by atoms with van der Waals surface area (Å²) in [5, 5.41) is 8.80. The molecule has 2 nitrogen and oxygen atoms in total. The standard InChI is InChI=1S/C19H15IN2/c1-14-10-12-15(13-11-14)21-22-19-9-5-3-7-17(19)16-6-2-4-8-18(16)20/h2-13H,1H3. The second kappa shape index (κ2) is 6.83. The van der Waals surface area contributed by atoms with E-state index in [1.54, 1.807) is 0 Å². The van der Waals surface area contributed by atoms with Gasteiger partial charge in [-0.3, -0.25) is 0 Å². The molecule has 108 valence electrons. The zero-order valence-electron chi connectivity index (χ0n) is 12.2. The summed E-state index contributed by atoms with van der Waals surface area (Å²) in [5.74, 6) is 0. The average Bonchev–Trinajstić information content (AvgIpc) is 2.55. The maximum absolute atomic E-state index is 4.45. The van der Waals surface area contributed by atoms with Crippen molar-refractivity contribution in [2.75, 3.05) is 0 Å². The number of hydrogen-bond donors (Lipinski definition) is 0. The Morgan fingerprint density at radius 2 is 1.32 bits per heavy atom. The molecule has 0 radical (unpaired) electrons. The number of nitrogens with zero attached hydrogens (tertiary/aromatic N) is 2. The Hall–Kier alpha value is -2.01. The second-order valence-electron chi connectivity index (χ2n) is 5.03. The van der Waals surface area contributed by atoms with Gasteiger partial charge in [0.15, 0.2) is 0 Å². The summed E-state index contributed by atoms with van der Waals surface area (Å²) in [6.45, 7) is 2.06. The van der Waals surface area contributed by atoms with E-state index in [1.165, 1.54) is 14.7 Å². The third-order valence-electron chi connectivity index (χ3n) is 3.38. The quantitative estimate of drug-likeness (QED) is 0.347. The van der Waals surface area contributed by atoms with Gasteiger partial charge in [-0.2, -0.15) is 5.11 Å². The maximum atomic E-state index is 4.45. The molecule has 0 aliphatic carbocycles. The summed E-state index contributed by atoms with van der Waals surface area (Å²) in [6, 6.07) is 24.4. The van der Waals surface area contributed by atoms with Crippen LogP contribution in [0.15, 0.2) is 83.0 Å². The third kappa shape index (κ3) is 3.42. The molecule has 0 unspecified atom stereocenters. The topological polar surface area (TPSA) is 24.7 Å². The van der Waals surface area contributed by atoms with Crippen LogP contribution in [0.1, 0.15) is 5.56 Å².